The molecule has 0 aliphatic rings. The van der Waals surface area contributed by atoms with Crippen molar-refractivity contribution in [3.8, 4) is 56.4 Å². The van der Waals surface area contributed by atoms with Crippen molar-refractivity contribution in [1.82, 2.24) is 14.6 Å². The number of ether oxygens (including phenoxy) is 2. The molecule has 0 atom stereocenters. The summed E-state index contributed by atoms with van der Waals surface area (Å²) in [6, 6.07) is 38.7. The maximum absolute atomic E-state index is 5.56. The number of aromatic nitrogens is 3. The van der Waals surface area contributed by atoms with Gasteiger partial charge in [0.25, 0.3) is 0 Å². The highest BCUT2D eigenvalue weighted by Crippen LogP contribution is 2.39. The Morgan fingerprint density at radius 3 is 1.89 bits per heavy atom. The van der Waals surface area contributed by atoms with Crippen molar-refractivity contribution < 1.29 is 9.47 Å². The highest BCUT2D eigenvalue weighted by molar-refractivity contribution is 5.92. The lowest BCUT2D eigenvalue weighted by molar-refractivity contribution is 0.415. The number of benzene rings is 4. The van der Waals surface area contributed by atoms with Crippen LogP contribution in [0, 0.1) is 0 Å². The quantitative estimate of drug-likeness (QED) is 0.247. The topological polar surface area (TPSA) is 48.7 Å². The van der Waals surface area contributed by atoms with Crippen LogP contribution in [0.4, 0.5) is 0 Å². The third-order valence-electron chi connectivity index (χ3n) is 6.45. The van der Waals surface area contributed by atoms with Gasteiger partial charge in [0, 0.05) is 16.7 Å². The first kappa shape index (κ1) is 22.6. The van der Waals surface area contributed by atoms with Gasteiger partial charge in [-0.3, -0.25) is 0 Å². The zero-order valence-corrected chi connectivity index (χ0v) is 20.6. The third-order valence-corrected chi connectivity index (χ3v) is 6.45. The van der Waals surface area contributed by atoms with Gasteiger partial charge >= 0.3 is 0 Å². The van der Waals surface area contributed by atoms with Crippen molar-refractivity contribution in [2.45, 2.75) is 0 Å². The summed E-state index contributed by atoms with van der Waals surface area (Å²) < 4.78 is 12.9. The summed E-state index contributed by atoms with van der Waals surface area (Å²) in [4.78, 5) is 5.18. The van der Waals surface area contributed by atoms with E-state index in [4.69, 9.17) is 19.6 Å². The van der Waals surface area contributed by atoms with Crippen LogP contribution in [0.1, 0.15) is 0 Å². The minimum Gasteiger partial charge on any atom is -0.497 e. The molecular formula is C32H25N3O2. The number of nitrogens with zero attached hydrogens (tertiary/aromatic N) is 3. The lowest BCUT2D eigenvalue weighted by Crippen LogP contribution is -1.99. The molecule has 0 aliphatic heterocycles. The second-order valence-corrected chi connectivity index (χ2v) is 8.68. The van der Waals surface area contributed by atoms with Gasteiger partial charge in [-0.25, -0.2) is 9.50 Å². The summed E-state index contributed by atoms with van der Waals surface area (Å²) in [7, 11) is 3.35. The molecule has 5 nitrogen and oxygen atoms in total. The summed E-state index contributed by atoms with van der Waals surface area (Å²) in [5.74, 6) is 1.57. The van der Waals surface area contributed by atoms with Crippen molar-refractivity contribution in [2.75, 3.05) is 14.2 Å². The van der Waals surface area contributed by atoms with E-state index in [0.29, 0.717) is 0 Å². The highest BCUT2D eigenvalue weighted by atomic mass is 16.5. The number of fused-ring (bicyclic) bond motifs is 1. The summed E-state index contributed by atoms with van der Waals surface area (Å²) in [5.41, 5.74) is 8.48. The van der Waals surface area contributed by atoms with Crippen molar-refractivity contribution in [1.29, 1.82) is 0 Å². The van der Waals surface area contributed by atoms with Gasteiger partial charge in [0.15, 0.2) is 5.65 Å². The molecule has 0 fully saturated rings. The fraction of sp³-hybridized carbons (Fsp3) is 0.0625. The molecule has 6 aromatic rings. The Labute approximate surface area is 215 Å². The molecule has 0 bridgehead atoms. The maximum Gasteiger partial charge on any atom is 0.164 e. The maximum atomic E-state index is 5.56. The Hall–Kier alpha value is -4.90. The van der Waals surface area contributed by atoms with Crippen LogP contribution in [0.5, 0.6) is 11.5 Å². The number of rotatable bonds is 6. The molecule has 0 N–H and O–H groups in total. The molecule has 180 valence electrons. The Morgan fingerprint density at radius 1 is 0.568 bits per heavy atom. The predicted octanol–water partition coefficient (Wildman–Crippen LogP) is 7.41. The molecule has 37 heavy (non-hydrogen) atoms. The standard InChI is InChI=1S/C32H25N3O2/c1-36-26-18-16-24(17-19-26)31-30(25-14-9-15-27(20-25)37-2)32-33-28(22-10-5-3-6-11-22)21-29(35(32)34-31)23-12-7-4-8-13-23/h3-21H,1-2H3. The molecule has 0 aliphatic carbocycles. The van der Waals surface area contributed by atoms with E-state index in [0.717, 1.165) is 62.0 Å². The smallest absolute Gasteiger partial charge is 0.164 e. The van der Waals surface area contributed by atoms with Gasteiger partial charge in [0.05, 0.1) is 31.2 Å². The normalized spacial score (nSPS) is 11.0. The molecule has 0 saturated carbocycles. The molecule has 2 aromatic heterocycles. The number of methoxy groups -OCH3 is 2. The molecule has 0 unspecified atom stereocenters. The first-order valence-corrected chi connectivity index (χ1v) is 12.1. The van der Waals surface area contributed by atoms with Crippen LogP contribution >= 0.6 is 0 Å². The third kappa shape index (κ3) is 4.21. The van der Waals surface area contributed by atoms with Crippen LogP contribution in [-0.4, -0.2) is 28.8 Å². The Balaban J connectivity index is 1.71. The molecule has 4 aromatic carbocycles. The van der Waals surface area contributed by atoms with E-state index in [1.807, 2.05) is 83.4 Å². The van der Waals surface area contributed by atoms with Crippen molar-refractivity contribution in [2.24, 2.45) is 0 Å². The van der Waals surface area contributed by atoms with E-state index in [2.05, 4.69) is 36.4 Å². The monoisotopic (exact) mass is 483 g/mol. The van der Waals surface area contributed by atoms with E-state index in [-0.39, 0.29) is 0 Å². The lowest BCUT2D eigenvalue weighted by Gasteiger charge is -2.10. The van der Waals surface area contributed by atoms with Crippen LogP contribution in [0.3, 0.4) is 0 Å². The van der Waals surface area contributed by atoms with Gasteiger partial charge in [-0.1, -0.05) is 72.8 Å². The van der Waals surface area contributed by atoms with Crippen LogP contribution in [0.25, 0.3) is 50.5 Å². The van der Waals surface area contributed by atoms with Crippen LogP contribution in [0.2, 0.25) is 0 Å². The molecule has 0 spiro atoms. The van der Waals surface area contributed by atoms with E-state index in [1.54, 1.807) is 14.2 Å². The van der Waals surface area contributed by atoms with Gasteiger partial charge in [-0.15, -0.1) is 0 Å². The zero-order valence-electron chi connectivity index (χ0n) is 20.6. The van der Waals surface area contributed by atoms with Crippen LogP contribution in [-0.2, 0) is 0 Å². The highest BCUT2D eigenvalue weighted by Gasteiger charge is 2.22. The van der Waals surface area contributed by atoms with Gasteiger partial charge in [0.2, 0.25) is 0 Å². The van der Waals surface area contributed by atoms with E-state index < -0.39 is 0 Å². The second kappa shape index (κ2) is 9.63. The Kier molecular flexibility index (Phi) is 5.87. The molecule has 5 heteroatoms. The predicted molar refractivity (Wildman–Crippen MR) is 148 cm³/mol. The molecule has 0 radical (unpaired) electrons. The molecule has 2 heterocycles. The summed E-state index contributed by atoms with van der Waals surface area (Å²) in [6.45, 7) is 0. The van der Waals surface area contributed by atoms with Gasteiger partial charge in [0.1, 0.15) is 17.2 Å². The fourth-order valence-electron chi connectivity index (χ4n) is 4.58. The second-order valence-electron chi connectivity index (χ2n) is 8.68. The summed E-state index contributed by atoms with van der Waals surface area (Å²) >= 11 is 0. The Bertz CT molecular complexity index is 1680. The molecular weight excluding hydrogens is 458 g/mol. The van der Waals surface area contributed by atoms with Gasteiger partial charge in [-0.05, 0) is 48.0 Å². The van der Waals surface area contributed by atoms with Crippen molar-refractivity contribution in [3.63, 3.8) is 0 Å². The first-order valence-electron chi connectivity index (χ1n) is 12.1. The van der Waals surface area contributed by atoms with Crippen LogP contribution < -0.4 is 9.47 Å². The number of hydrogen-bond donors (Lipinski definition) is 0. The fourth-order valence-corrected chi connectivity index (χ4v) is 4.58. The van der Waals surface area contributed by atoms with Gasteiger partial charge < -0.3 is 9.47 Å². The van der Waals surface area contributed by atoms with E-state index in [1.165, 1.54) is 0 Å². The Morgan fingerprint density at radius 2 is 1.22 bits per heavy atom. The molecule has 0 saturated heterocycles. The zero-order chi connectivity index (χ0) is 25.2. The first-order chi connectivity index (χ1) is 18.2. The van der Waals surface area contributed by atoms with Crippen molar-refractivity contribution in [3.05, 3.63) is 115 Å². The van der Waals surface area contributed by atoms with Gasteiger partial charge in [-0.2, -0.15) is 5.10 Å². The lowest BCUT2D eigenvalue weighted by atomic mass is 10.0. The van der Waals surface area contributed by atoms with Crippen LogP contribution in [0.15, 0.2) is 115 Å². The molecule has 6 rings (SSSR count). The van der Waals surface area contributed by atoms with Crippen molar-refractivity contribution >= 4 is 5.65 Å². The average molecular weight is 484 g/mol. The number of hydrogen-bond acceptors (Lipinski definition) is 4. The average Bonchev–Trinajstić information content (AvgIpc) is 3.37. The largest absolute Gasteiger partial charge is 0.497 e. The van der Waals surface area contributed by atoms with E-state index in [9.17, 15) is 0 Å². The summed E-state index contributed by atoms with van der Waals surface area (Å²) in [6.07, 6.45) is 0. The molecule has 0 amide bonds. The van der Waals surface area contributed by atoms with E-state index >= 15 is 0 Å². The minimum absolute atomic E-state index is 0.777. The SMILES string of the molecule is COc1ccc(-c2nn3c(-c4ccccc4)cc(-c4ccccc4)nc3c2-c2cccc(OC)c2)cc1. The summed E-state index contributed by atoms with van der Waals surface area (Å²) in [5, 5.41) is 5.15. The minimum atomic E-state index is 0.777.